The van der Waals surface area contributed by atoms with Crippen molar-refractivity contribution in [2.75, 3.05) is 0 Å². The molecule has 0 heteroatoms. The molecule has 0 radical (unpaired) electrons. The summed E-state index contributed by atoms with van der Waals surface area (Å²) in [7, 11) is 0. The molecule has 0 unspecified atom stereocenters. The lowest BCUT2D eigenvalue weighted by Crippen LogP contribution is -1.88. The number of hydrogen-bond donors (Lipinski definition) is 0. The summed E-state index contributed by atoms with van der Waals surface area (Å²) in [4.78, 5) is 0. The van der Waals surface area contributed by atoms with Crippen LogP contribution in [0.3, 0.4) is 0 Å². The molecule has 0 atom stereocenters. The van der Waals surface area contributed by atoms with E-state index in [1.165, 1.54) is 66.3 Å². The highest BCUT2D eigenvalue weighted by Crippen LogP contribution is 2.23. The average molecular weight is 395 g/mol. The van der Waals surface area contributed by atoms with Gasteiger partial charge in [-0.05, 0) is 78.6 Å². The normalized spacial score (nSPS) is 10.5. The van der Waals surface area contributed by atoms with Crippen molar-refractivity contribution in [3.8, 4) is 23.0 Å². The van der Waals surface area contributed by atoms with Crippen molar-refractivity contribution in [2.45, 2.75) is 65.7 Å². The monoisotopic (exact) mass is 394 g/mol. The van der Waals surface area contributed by atoms with Gasteiger partial charge >= 0.3 is 0 Å². The first-order chi connectivity index (χ1) is 14.7. The Morgan fingerprint density at radius 2 is 1.20 bits per heavy atom. The molecule has 30 heavy (non-hydrogen) atoms. The van der Waals surface area contributed by atoms with E-state index in [0.717, 1.165) is 17.5 Å². The van der Waals surface area contributed by atoms with E-state index in [9.17, 15) is 0 Å². The Hall–Kier alpha value is -2.78. The Balaban J connectivity index is 1.68. The average Bonchev–Trinajstić information content (AvgIpc) is 2.78. The quantitative estimate of drug-likeness (QED) is 0.267. The second-order valence-electron chi connectivity index (χ2n) is 8.23. The summed E-state index contributed by atoms with van der Waals surface area (Å²) >= 11 is 0. The first kappa shape index (κ1) is 21.9. The molecule has 0 bridgehead atoms. The number of hydrogen-bond acceptors (Lipinski definition) is 0. The lowest BCUT2D eigenvalue weighted by atomic mass is 9.98. The van der Waals surface area contributed by atoms with Crippen molar-refractivity contribution in [3.63, 3.8) is 0 Å². The predicted octanol–water partition coefficient (Wildman–Crippen LogP) is 8.14. The van der Waals surface area contributed by atoms with Crippen LogP contribution >= 0.6 is 0 Å². The molecule has 0 aliphatic carbocycles. The van der Waals surface area contributed by atoms with Gasteiger partial charge in [-0.15, -0.1) is 0 Å². The fourth-order valence-corrected chi connectivity index (χ4v) is 3.70. The Labute approximate surface area is 183 Å². The summed E-state index contributed by atoms with van der Waals surface area (Å²) < 4.78 is 0. The van der Waals surface area contributed by atoms with Crippen molar-refractivity contribution in [1.29, 1.82) is 0 Å². The molecular weight excluding hydrogens is 360 g/mol. The van der Waals surface area contributed by atoms with Gasteiger partial charge in [0, 0.05) is 11.1 Å². The van der Waals surface area contributed by atoms with Gasteiger partial charge in [-0.1, -0.05) is 93.5 Å². The van der Waals surface area contributed by atoms with Gasteiger partial charge in [-0.25, -0.2) is 0 Å². The van der Waals surface area contributed by atoms with E-state index >= 15 is 0 Å². The fraction of sp³-hybridized carbons (Fsp3) is 0.333. The van der Waals surface area contributed by atoms with Gasteiger partial charge in [-0.3, -0.25) is 0 Å². The van der Waals surface area contributed by atoms with E-state index in [2.05, 4.69) is 99.3 Å². The minimum absolute atomic E-state index is 1.08. The predicted molar refractivity (Wildman–Crippen MR) is 131 cm³/mol. The Morgan fingerprint density at radius 1 is 0.600 bits per heavy atom. The molecule has 0 saturated carbocycles. The molecule has 0 amide bonds. The Bertz CT molecular complexity index is 979. The molecule has 3 rings (SSSR count). The first-order valence-corrected chi connectivity index (χ1v) is 11.5. The summed E-state index contributed by atoms with van der Waals surface area (Å²) in [5.41, 5.74) is 8.79. The highest BCUT2D eigenvalue weighted by Gasteiger charge is 2.02. The highest BCUT2D eigenvalue weighted by atomic mass is 14.1. The van der Waals surface area contributed by atoms with Crippen molar-refractivity contribution in [2.24, 2.45) is 0 Å². The van der Waals surface area contributed by atoms with Crippen LogP contribution in [0, 0.1) is 18.8 Å². The molecule has 0 aliphatic heterocycles. The van der Waals surface area contributed by atoms with Gasteiger partial charge in [-0.2, -0.15) is 0 Å². The van der Waals surface area contributed by atoms with E-state index in [-0.39, 0.29) is 0 Å². The Kier molecular flexibility index (Phi) is 8.34. The summed E-state index contributed by atoms with van der Waals surface area (Å²) in [5.74, 6) is 6.68. The van der Waals surface area contributed by atoms with E-state index in [1.807, 2.05) is 0 Å². The molecular formula is C30H34. The highest BCUT2D eigenvalue weighted by molar-refractivity contribution is 5.66. The largest absolute Gasteiger partial charge is 0.0654 e. The third-order valence-corrected chi connectivity index (χ3v) is 5.70. The van der Waals surface area contributed by atoms with Crippen LogP contribution in [0.2, 0.25) is 0 Å². The maximum absolute atomic E-state index is 3.36. The third kappa shape index (κ3) is 6.36. The van der Waals surface area contributed by atoms with Crippen LogP contribution in [-0.2, 0) is 12.8 Å². The fourth-order valence-electron chi connectivity index (χ4n) is 3.70. The van der Waals surface area contributed by atoms with Crippen LogP contribution < -0.4 is 0 Å². The summed E-state index contributed by atoms with van der Waals surface area (Å²) in [5, 5.41) is 0. The van der Waals surface area contributed by atoms with Crippen molar-refractivity contribution >= 4 is 0 Å². The third-order valence-electron chi connectivity index (χ3n) is 5.70. The van der Waals surface area contributed by atoms with E-state index < -0.39 is 0 Å². The zero-order valence-corrected chi connectivity index (χ0v) is 18.8. The molecule has 0 saturated heterocycles. The molecule has 3 aromatic carbocycles. The van der Waals surface area contributed by atoms with Gasteiger partial charge < -0.3 is 0 Å². The maximum Gasteiger partial charge on any atom is 0.0278 e. The van der Waals surface area contributed by atoms with Gasteiger partial charge in [0.05, 0.1) is 0 Å². The smallest absolute Gasteiger partial charge is 0.0278 e. The lowest BCUT2D eigenvalue weighted by Gasteiger charge is -2.07. The summed E-state index contributed by atoms with van der Waals surface area (Å²) in [6.45, 7) is 6.64. The topological polar surface area (TPSA) is 0 Å². The van der Waals surface area contributed by atoms with Crippen molar-refractivity contribution in [1.82, 2.24) is 0 Å². The van der Waals surface area contributed by atoms with Crippen LogP contribution in [0.15, 0.2) is 66.7 Å². The SMILES string of the molecule is CCCCCc1ccc(-c2ccc(C#Cc3ccc(CCCC)cc3)c(C)c2)cc1. The molecule has 0 spiro atoms. The molecule has 0 aromatic heterocycles. The second kappa shape index (κ2) is 11.4. The summed E-state index contributed by atoms with van der Waals surface area (Å²) in [6, 6.07) is 24.4. The van der Waals surface area contributed by atoms with E-state index in [0.29, 0.717) is 0 Å². The van der Waals surface area contributed by atoms with Crippen LogP contribution in [0.1, 0.15) is 73.8 Å². The van der Waals surface area contributed by atoms with Gasteiger partial charge in [0.2, 0.25) is 0 Å². The van der Waals surface area contributed by atoms with Crippen LogP contribution in [-0.4, -0.2) is 0 Å². The lowest BCUT2D eigenvalue weighted by molar-refractivity contribution is 0.717. The van der Waals surface area contributed by atoms with Gasteiger partial charge in [0.25, 0.3) is 0 Å². The number of benzene rings is 3. The summed E-state index contributed by atoms with van der Waals surface area (Å²) in [6.07, 6.45) is 8.69. The molecule has 3 aromatic rings. The zero-order valence-electron chi connectivity index (χ0n) is 18.8. The Morgan fingerprint density at radius 3 is 1.83 bits per heavy atom. The van der Waals surface area contributed by atoms with E-state index in [1.54, 1.807) is 0 Å². The molecule has 0 aliphatic rings. The van der Waals surface area contributed by atoms with Gasteiger partial charge in [0.1, 0.15) is 0 Å². The van der Waals surface area contributed by atoms with Crippen LogP contribution in [0.5, 0.6) is 0 Å². The van der Waals surface area contributed by atoms with Crippen LogP contribution in [0.4, 0.5) is 0 Å². The van der Waals surface area contributed by atoms with Crippen molar-refractivity contribution < 1.29 is 0 Å². The second-order valence-corrected chi connectivity index (χ2v) is 8.23. The molecule has 0 nitrogen and oxygen atoms in total. The van der Waals surface area contributed by atoms with Gasteiger partial charge in [0.15, 0.2) is 0 Å². The number of unbranched alkanes of at least 4 members (excludes halogenated alkanes) is 3. The molecule has 0 N–H and O–H groups in total. The minimum Gasteiger partial charge on any atom is -0.0654 e. The van der Waals surface area contributed by atoms with Crippen LogP contribution in [0.25, 0.3) is 11.1 Å². The maximum atomic E-state index is 3.36. The zero-order chi connectivity index (χ0) is 21.2. The number of rotatable bonds is 8. The van der Waals surface area contributed by atoms with Crippen molar-refractivity contribution in [3.05, 3.63) is 94.5 Å². The van der Waals surface area contributed by atoms with E-state index in [4.69, 9.17) is 0 Å². The molecule has 154 valence electrons. The first-order valence-electron chi connectivity index (χ1n) is 11.5. The molecule has 0 fully saturated rings. The molecule has 0 heterocycles. The minimum atomic E-state index is 1.08. The standard InChI is InChI=1S/C30H34/c1-4-6-8-10-26-16-19-29(20-17-26)30-22-21-28(24(3)23-30)18-15-27-13-11-25(12-14-27)9-7-5-2/h11-14,16-17,19-23H,4-10H2,1-3H3. The number of aryl methyl sites for hydroxylation is 3.